The van der Waals surface area contributed by atoms with Crippen molar-refractivity contribution in [2.75, 3.05) is 13.2 Å². The van der Waals surface area contributed by atoms with E-state index in [-0.39, 0.29) is 6.04 Å². The first-order valence-electron chi connectivity index (χ1n) is 7.40. The second kappa shape index (κ2) is 6.12. The fourth-order valence-corrected chi connectivity index (χ4v) is 3.18. The van der Waals surface area contributed by atoms with Gasteiger partial charge >= 0.3 is 0 Å². The summed E-state index contributed by atoms with van der Waals surface area (Å²) < 4.78 is 11.2. The number of aryl methyl sites for hydroxylation is 1. The Hall–Kier alpha value is -1.45. The molecule has 0 radical (unpaired) electrons. The molecule has 0 saturated carbocycles. The van der Waals surface area contributed by atoms with Crippen LogP contribution >= 0.6 is 11.6 Å². The molecule has 1 aromatic heterocycles. The Morgan fingerprint density at radius 3 is 2.90 bits per heavy atom. The highest BCUT2D eigenvalue weighted by atomic mass is 35.5. The molecule has 0 aliphatic carbocycles. The quantitative estimate of drug-likeness (QED) is 0.904. The third kappa shape index (κ3) is 3.09. The van der Waals surface area contributed by atoms with Crippen LogP contribution in [0.25, 0.3) is 0 Å². The van der Waals surface area contributed by atoms with Gasteiger partial charge in [-0.25, -0.2) is 0 Å². The van der Waals surface area contributed by atoms with E-state index in [4.69, 9.17) is 20.8 Å². The van der Waals surface area contributed by atoms with Crippen molar-refractivity contribution >= 4 is 11.6 Å². The molecule has 1 unspecified atom stereocenters. The summed E-state index contributed by atoms with van der Waals surface area (Å²) in [5.41, 5.74) is 3.55. The number of likely N-dealkylation sites (N-methyl/N-ethyl adjacent to an activating group) is 1. The van der Waals surface area contributed by atoms with Crippen molar-refractivity contribution in [2.45, 2.75) is 32.7 Å². The molecule has 2 aromatic rings. The number of hydrogen-bond acceptors (Lipinski definition) is 3. The largest absolute Gasteiger partial charge is 0.493 e. The third-order valence-corrected chi connectivity index (χ3v) is 4.07. The van der Waals surface area contributed by atoms with Gasteiger partial charge in [-0.1, -0.05) is 18.5 Å². The summed E-state index contributed by atoms with van der Waals surface area (Å²) in [5.74, 6) is 1.95. The molecule has 3 rings (SSSR count). The SMILES string of the molecule is CCNC(Cc1cc(Cl)cc2c1OCC2)c1coc(C)c1. The Morgan fingerprint density at radius 2 is 2.19 bits per heavy atom. The van der Waals surface area contributed by atoms with E-state index in [1.807, 2.05) is 25.3 Å². The lowest BCUT2D eigenvalue weighted by Crippen LogP contribution is -2.22. The van der Waals surface area contributed by atoms with Gasteiger partial charge in [0.25, 0.3) is 0 Å². The number of hydrogen-bond donors (Lipinski definition) is 1. The Bertz CT molecular complexity index is 636. The minimum Gasteiger partial charge on any atom is -0.493 e. The lowest BCUT2D eigenvalue weighted by molar-refractivity contribution is 0.351. The van der Waals surface area contributed by atoms with Gasteiger partial charge in [-0.15, -0.1) is 0 Å². The molecule has 0 bridgehead atoms. The second-order valence-corrected chi connectivity index (χ2v) is 5.89. The highest BCUT2D eigenvalue weighted by Gasteiger charge is 2.21. The fraction of sp³-hybridized carbons (Fsp3) is 0.412. The van der Waals surface area contributed by atoms with E-state index in [0.717, 1.165) is 42.5 Å². The van der Waals surface area contributed by atoms with Crippen molar-refractivity contribution in [3.05, 3.63) is 51.9 Å². The summed E-state index contributed by atoms with van der Waals surface area (Å²) in [6.45, 7) is 5.73. The molecule has 1 aromatic carbocycles. The third-order valence-electron chi connectivity index (χ3n) is 3.85. The molecule has 112 valence electrons. The van der Waals surface area contributed by atoms with Crippen molar-refractivity contribution in [1.29, 1.82) is 0 Å². The molecule has 1 aliphatic heterocycles. The van der Waals surface area contributed by atoms with Gasteiger partial charge in [0.2, 0.25) is 0 Å². The van der Waals surface area contributed by atoms with Crippen LogP contribution in [0.1, 0.15) is 35.4 Å². The smallest absolute Gasteiger partial charge is 0.125 e. The van der Waals surface area contributed by atoms with Crippen LogP contribution in [0.4, 0.5) is 0 Å². The Morgan fingerprint density at radius 1 is 1.33 bits per heavy atom. The van der Waals surface area contributed by atoms with Crippen LogP contribution in [0.5, 0.6) is 5.75 Å². The number of fused-ring (bicyclic) bond motifs is 1. The molecule has 21 heavy (non-hydrogen) atoms. The zero-order chi connectivity index (χ0) is 14.8. The molecule has 1 N–H and O–H groups in total. The Kier molecular flexibility index (Phi) is 4.22. The molecule has 1 atom stereocenters. The summed E-state index contributed by atoms with van der Waals surface area (Å²) in [5, 5.41) is 4.30. The Labute approximate surface area is 130 Å². The summed E-state index contributed by atoms with van der Waals surface area (Å²) in [6, 6.07) is 6.32. The number of benzene rings is 1. The van der Waals surface area contributed by atoms with Gasteiger partial charge in [0, 0.05) is 23.0 Å². The second-order valence-electron chi connectivity index (χ2n) is 5.46. The van der Waals surface area contributed by atoms with Gasteiger partial charge < -0.3 is 14.5 Å². The predicted molar refractivity (Wildman–Crippen MR) is 84.2 cm³/mol. The number of nitrogens with one attached hydrogen (secondary N) is 1. The first-order valence-corrected chi connectivity index (χ1v) is 7.77. The van der Waals surface area contributed by atoms with Crippen LogP contribution < -0.4 is 10.1 Å². The molecule has 0 amide bonds. The topological polar surface area (TPSA) is 34.4 Å². The predicted octanol–water partition coefficient (Wildman–Crippen LogP) is 4.07. The van der Waals surface area contributed by atoms with Gasteiger partial charge in [-0.3, -0.25) is 0 Å². The van der Waals surface area contributed by atoms with Crippen molar-refractivity contribution < 1.29 is 9.15 Å². The van der Waals surface area contributed by atoms with Crippen LogP contribution in [0.2, 0.25) is 5.02 Å². The minimum atomic E-state index is 0.208. The lowest BCUT2D eigenvalue weighted by atomic mass is 9.98. The minimum absolute atomic E-state index is 0.208. The van der Waals surface area contributed by atoms with Crippen LogP contribution in [-0.4, -0.2) is 13.2 Å². The molecule has 1 aliphatic rings. The van der Waals surface area contributed by atoms with Crippen molar-refractivity contribution in [3.8, 4) is 5.75 Å². The number of ether oxygens (including phenoxy) is 1. The highest BCUT2D eigenvalue weighted by Crippen LogP contribution is 2.35. The van der Waals surface area contributed by atoms with Gasteiger partial charge in [0.15, 0.2) is 0 Å². The van der Waals surface area contributed by atoms with Gasteiger partial charge in [-0.2, -0.15) is 0 Å². The normalized spacial score (nSPS) is 14.8. The van der Waals surface area contributed by atoms with E-state index < -0.39 is 0 Å². The van der Waals surface area contributed by atoms with Crippen LogP contribution in [0.3, 0.4) is 0 Å². The standard InChI is InChI=1S/C17H20ClNO2/c1-3-19-16(14-6-11(2)21-10-14)9-13-8-15(18)7-12-4-5-20-17(12)13/h6-8,10,16,19H,3-5,9H2,1-2H3. The number of furan rings is 1. The zero-order valence-corrected chi connectivity index (χ0v) is 13.2. The van der Waals surface area contributed by atoms with Gasteiger partial charge in [0.1, 0.15) is 11.5 Å². The number of rotatable bonds is 5. The average molecular weight is 306 g/mol. The van der Waals surface area contributed by atoms with E-state index in [1.165, 1.54) is 16.7 Å². The molecular weight excluding hydrogens is 286 g/mol. The summed E-state index contributed by atoms with van der Waals surface area (Å²) in [7, 11) is 0. The first kappa shape index (κ1) is 14.5. The van der Waals surface area contributed by atoms with E-state index >= 15 is 0 Å². The lowest BCUT2D eigenvalue weighted by Gasteiger charge is -2.18. The van der Waals surface area contributed by atoms with E-state index in [1.54, 1.807) is 0 Å². The summed E-state index contributed by atoms with van der Waals surface area (Å²) >= 11 is 6.24. The van der Waals surface area contributed by atoms with Gasteiger partial charge in [-0.05, 0) is 49.2 Å². The van der Waals surface area contributed by atoms with Crippen LogP contribution in [0, 0.1) is 6.92 Å². The van der Waals surface area contributed by atoms with E-state index in [2.05, 4.69) is 18.3 Å². The molecule has 4 heteroatoms. The van der Waals surface area contributed by atoms with Crippen LogP contribution in [-0.2, 0) is 12.8 Å². The maximum atomic E-state index is 6.24. The fourth-order valence-electron chi connectivity index (χ4n) is 2.92. The van der Waals surface area contributed by atoms with Gasteiger partial charge in [0.05, 0.1) is 12.9 Å². The number of halogens is 1. The average Bonchev–Trinajstić information content (AvgIpc) is 3.06. The molecular formula is C17H20ClNO2. The molecule has 0 saturated heterocycles. The molecule has 3 nitrogen and oxygen atoms in total. The molecule has 0 fully saturated rings. The first-order chi connectivity index (χ1) is 10.2. The summed E-state index contributed by atoms with van der Waals surface area (Å²) in [4.78, 5) is 0. The molecule has 2 heterocycles. The summed E-state index contributed by atoms with van der Waals surface area (Å²) in [6.07, 6.45) is 3.61. The van der Waals surface area contributed by atoms with Crippen LogP contribution in [0.15, 0.2) is 28.9 Å². The van der Waals surface area contributed by atoms with Crippen molar-refractivity contribution in [3.63, 3.8) is 0 Å². The maximum absolute atomic E-state index is 6.24. The highest BCUT2D eigenvalue weighted by molar-refractivity contribution is 6.30. The maximum Gasteiger partial charge on any atom is 0.125 e. The van der Waals surface area contributed by atoms with Crippen molar-refractivity contribution in [1.82, 2.24) is 5.32 Å². The molecule has 0 spiro atoms. The zero-order valence-electron chi connectivity index (χ0n) is 12.4. The monoisotopic (exact) mass is 305 g/mol. The van der Waals surface area contributed by atoms with E-state index in [9.17, 15) is 0 Å². The van der Waals surface area contributed by atoms with E-state index in [0.29, 0.717) is 0 Å². The Balaban J connectivity index is 1.90. The van der Waals surface area contributed by atoms with Crippen molar-refractivity contribution in [2.24, 2.45) is 0 Å².